The van der Waals surface area contributed by atoms with Crippen molar-refractivity contribution in [2.45, 2.75) is 18.7 Å². The monoisotopic (exact) mass is 300 g/mol. The molecule has 1 aromatic carbocycles. The first-order chi connectivity index (χ1) is 10.8. The Morgan fingerprint density at radius 3 is 3.00 bits per heavy atom. The molecular formula is C16H20N4O2. The molecule has 6 heteroatoms. The van der Waals surface area contributed by atoms with Crippen LogP contribution < -0.4 is 10.6 Å². The van der Waals surface area contributed by atoms with Crippen LogP contribution in [0.25, 0.3) is 0 Å². The van der Waals surface area contributed by atoms with E-state index in [-0.39, 0.29) is 18.1 Å². The molecule has 1 saturated heterocycles. The summed E-state index contributed by atoms with van der Waals surface area (Å²) in [5.74, 6) is -0.116. The van der Waals surface area contributed by atoms with Crippen molar-refractivity contribution in [1.29, 1.82) is 0 Å². The number of amides is 1. The lowest BCUT2D eigenvalue weighted by atomic mass is 10.2. The molecule has 0 aliphatic carbocycles. The summed E-state index contributed by atoms with van der Waals surface area (Å²) in [6.07, 6.45) is 3.39. The molecule has 0 bridgehead atoms. The summed E-state index contributed by atoms with van der Waals surface area (Å²) in [6, 6.07) is 10.0. The second-order valence-electron chi connectivity index (χ2n) is 5.42. The van der Waals surface area contributed by atoms with E-state index in [2.05, 4.69) is 15.7 Å². The van der Waals surface area contributed by atoms with Crippen molar-refractivity contribution in [1.82, 2.24) is 20.4 Å². The molecule has 6 nitrogen and oxygen atoms in total. The van der Waals surface area contributed by atoms with Crippen molar-refractivity contribution in [3.8, 4) is 0 Å². The molecule has 0 spiro atoms. The Bertz CT molecular complexity index is 626. The SMILES string of the molecule is CO[C@H]1CNC[C@H]1NC(=O)c1cnn(Cc2ccccc2)c1. The van der Waals surface area contributed by atoms with Gasteiger partial charge >= 0.3 is 0 Å². The molecule has 2 atom stereocenters. The Labute approximate surface area is 129 Å². The lowest BCUT2D eigenvalue weighted by Crippen LogP contribution is -2.43. The van der Waals surface area contributed by atoms with E-state index in [0.717, 1.165) is 18.7 Å². The number of nitrogens with zero attached hydrogens (tertiary/aromatic N) is 2. The van der Waals surface area contributed by atoms with Gasteiger partial charge in [-0.1, -0.05) is 30.3 Å². The molecule has 1 aliphatic rings. The highest BCUT2D eigenvalue weighted by Crippen LogP contribution is 2.07. The van der Waals surface area contributed by atoms with Gasteiger partial charge in [-0.15, -0.1) is 0 Å². The number of carbonyl (C=O) groups excluding carboxylic acids is 1. The summed E-state index contributed by atoms with van der Waals surface area (Å²) in [6.45, 7) is 2.14. The van der Waals surface area contributed by atoms with E-state index in [1.807, 2.05) is 30.3 Å². The second kappa shape index (κ2) is 6.72. The van der Waals surface area contributed by atoms with Gasteiger partial charge in [0.1, 0.15) is 0 Å². The summed E-state index contributed by atoms with van der Waals surface area (Å²) in [7, 11) is 1.66. The van der Waals surface area contributed by atoms with Gasteiger partial charge < -0.3 is 15.4 Å². The third kappa shape index (κ3) is 3.35. The maximum atomic E-state index is 12.3. The van der Waals surface area contributed by atoms with Crippen LogP contribution in [-0.2, 0) is 11.3 Å². The first-order valence-electron chi connectivity index (χ1n) is 7.37. The van der Waals surface area contributed by atoms with Crippen molar-refractivity contribution >= 4 is 5.91 Å². The zero-order valence-electron chi connectivity index (χ0n) is 12.5. The number of ether oxygens (including phenoxy) is 1. The summed E-state index contributed by atoms with van der Waals surface area (Å²) < 4.78 is 7.12. The van der Waals surface area contributed by atoms with Crippen molar-refractivity contribution in [2.75, 3.05) is 20.2 Å². The van der Waals surface area contributed by atoms with Crippen LogP contribution in [0.3, 0.4) is 0 Å². The van der Waals surface area contributed by atoms with E-state index in [1.165, 1.54) is 0 Å². The fourth-order valence-electron chi connectivity index (χ4n) is 2.64. The summed E-state index contributed by atoms with van der Waals surface area (Å²) in [5, 5.41) is 10.5. The molecule has 3 rings (SSSR count). The number of hydrogen-bond acceptors (Lipinski definition) is 4. The molecule has 0 saturated carbocycles. The van der Waals surface area contributed by atoms with Gasteiger partial charge in [-0.05, 0) is 5.56 Å². The molecule has 2 aromatic rings. The van der Waals surface area contributed by atoms with Crippen LogP contribution in [0.4, 0.5) is 0 Å². The van der Waals surface area contributed by atoms with Gasteiger partial charge in [0.05, 0.1) is 30.5 Å². The highest BCUT2D eigenvalue weighted by Gasteiger charge is 2.28. The Hall–Kier alpha value is -2.18. The van der Waals surface area contributed by atoms with Crippen LogP contribution in [0.1, 0.15) is 15.9 Å². The van der Waals surface area contributed by atoms with Crippen LogP contribution in [0.5, 0.6) is 0 Å². The normalized spacial score (nSPS) is 21.0. The van der Waals surface area contributed by atoms with E-state index < -0.39 is 0 Å². The molecule has 0 unspecified atom stereocenters. The van der Waals surface area contributed by atoms with E-state index in [1.54, 1.807) is 24.2 Å². The molecular weight excluding hydrogens is 280 g/mol. The van der Waals surface area contributed by atoms with E-state index in [0.29, 0.717) is 12.1 Å². The van der Waals surface area contributed by atoms with Crippen molar-refractivity contribution in [2.24, 2.45) is 0 Å². The molecule has 1 fully saturated rings. The van der Waals surface area contributed by atoms with E-state index in [4.69, 9.17) is 4.74 Å². The number of nitrogens with one attached hydrogen (secondary N) is 2. The summed E-state index contributed by atoms with van der Waals surface area (Å²) in [4.78, 5) is 12.3. The van der Waals surface area contributed by atoms with Gasteiger partial charge in [-0.3, -0.25) is 9.48 Å². The van der Waals surface area contributed by atoms with Gasteiger partial charge in [0, 0.05) is 26.4 Å². The Balaban J connectivity index is 1.62. The topological polar surface area (TPSA) is 68.2 Å². The van der Waals surface area contributed by atoms with Crippen LogP contribution in [-0.4, -0.2) is 48.0 Å². The summed E-state index contributed by atoms with van der Waals surface area (Å²) >= 11 is 0. The van der Waals surface area contributed by atoms with Crippen LogP contribution >= 0.6 is 0 Å². The Morgan fingerprint density at radius 2 is 2.23 bits per heavy atom. The van der Waals surface area contributed by atoms with Gasteiger partial charge in [-0.25, -0.2) is 0 Å². The van der Waals surface area contributed by atoms with Crippen LogP contribution in [0.15, 0.2) is 42.7 Å². The lowest BCUT2D eigenvalue weighted by molar-refractivity contribution is 0.0780. The Morgan fingerprint density at radius 1 is 1.41 bits per heavy atom. The zero-order valence-corrected chi connectivity index (χ0v) is 12.5. The third-order valence-corrected chi connectivity index (χ3v) is 3.86. The number of methoxy groups -OCH3 is 1. The predicted molar refractivity (Wildman–Crippen MR) is 82.7 cm³/mol. The van der Waals surface area contributed by atoms with Gasteiger partial charge in [0.25, 0.3) is 5.91 Å². The summed E-state index contributed by atoms with van der Waals surface area (Å²) in [5.41, 5.74) is 1.72. The second-order valence-corrected chi connectivity index (χ2v) is 5.42. The highest BCUT2D eigenvalue weighted by atomic mass is 16.5. The van der Waals surface area contributed by atoms with E-state index >= 15 is 0 Å². The Kier molecular flexibility index (Phi) is 4.50. The number of aromatic nitrogens is 2. The minimum Gasteiger partial charge on any atom is -0.378 e. The third-order valence-electron chi connectivity index (χ3n) is 3.86. The largest absolute Gasteiger partial charge is 0.378 e. The van der Waals surface area contributed by atoms with Crippen LogP contribution in [0, 0.1) is 0 Å². The standard InChI is InChI=1S/C16H20N4O2/c1-22-15-9-17-8-14(15)19-16(21)13-7-18-20(11-13)10-12-5-3-2-4-6-12/h2-7,11,14-15,17H,8-10H2,1H3,(H,19,21)/t14-,15+/m1/s1. The van der Waals surface area contributed by atoms with Crippen molar-refractivity contribution < 1.29 is 9.53 Å². The number of carbonyl (C=O) groups is 1. The smallest absolute Gasteiger partial charge is 0.254 e. The molecule has 2 N–H and O–H groups in total. The average molecular weight is 300 g/mol. The lowest BCUT2D eigenvalue weighted by Gasteiger charge is -2.17. The molecule has 2 heterocycles. The van der Waals surface area contributed by atoms with Gasteiger partial charge in [0.2, 0.25) is 0 Å². The number of hydrogen-bond donors (Lipinski definition) is 2. The number of benzene rings is 1. The quantitative estimate of drug-likeness (QED) is 0.851. The van der Waals surface area contributed by atoms with Gasteiger partial charge in [-0.2, -0.15) is 5.10 Å². The molecule has 0 radical (unpaired) electrons. The average Bonchev–Trinajstić information content (AvgIpc) is 3.17. The highest BCUT2D eigenvalue weighted by molar-refractivity contribution is 5.93. The predicted octanol–water partition coefficient (Wildman–Crippen LogP) is 0.648. The maximum absolute atomic E-state index is 12.3. The fraction of sp³-hybridized carbons (Fsp3) is 0.375. The van der Waals surface area contributed by atoms with Gasteiger partial charge in [0.15, 0.2) is 0 Å². The number of rotatable bonds is 5. The van der Waals surface area contributed by atoms with Crippen molar-refractivity contribution in [3.05, 3.63) is 53.9 Å². The minimum absolute atomic E-state index is 0.00465. The molecule has 22 heavy (non-hydrogen) atoms. The zero-order chi connectivity index (χ0) is 15.4. The molecule has 1 aromatic heterocycles. The molecule has 116 valence electrons. The van der Waals surface area contributed by atoms with Crippen LogP contribution in [0.2, 0.25) is 0 Å². The molecule has 1 amide bonds. The fourth-order valence-corrected chi connectivity index (χ4v) is 2.64. The first kappa shape index (κ1) is 14.7. The van der Waals surface area contributed by atoms with Crippen molar-refractivity contribution in [3.63, 3.8) is 0 Å². The molecule has 1 aliphatic heterocycles. The maximum Gasteiger partial charge on any atom is 0.254 e. The first-order valence-corrected chi connectivity index (χ1v) is 7.37. The van der Waals surface area contributed by atoms with E-state index in [9.17, 15) is 4.79 Å². The minimum atomic E-state index is -0.116.